The normalized spacial score (nSPS) is 22.6. The van der Waals surface area contributed by atoms with Crippen molar-refractivity contribution in [2.75, 3.05) is 19.6 Å². The summed E-state index contributed by atoms with van der Waals surface area (Å²) in [6.07, 6.45) is -2.72. The molecular weight excluding hydrogens is 720 g/mol. The van der Waals surface area contributed by atoms with Crippen molar-refractivity contribution in [3.8, 4) is 17.2 Å². The fourth-order valence-electron chi connectivity index (χ4n) is 7.68. The summed E-state index contributed by atoms with van der Waals surface area (Å²) in [7, 11) is 4.00. The van der Waals surface area contributed by atoms with Crippen LogP contribution in [0.1, 0.15) is 35.1 Å². The summed E-state index contributed by atoms with van der Waals surface area (Å²) in [6, 6.07) is 8.50. The van der Waals surface area contributed by atoms with E-state index in [1.807, 2.05) is 0 Å². The molecule has 0 bridgehead atoms. The number of pyridine rings is 1. The first kappa shape index (κ1) is 34.2. The summed E-state index contributed by atoms with van der Waals surface area (Å²) in [4.78, 5) is 60.4. The van der Waals surface area contributed by atoms with Crippen molar-refractivity contribution in [3.63, 3.8) is 0 Å². The second-order valence-electron chi connectivity index (χ2n) is 12.3. The number of nitrogens with zero attached hydrogens (tertiary/aromatic N) is 5. The zero-order valence-corrected chi connectivity index (χ0v) is 28.4. The third-order valence-corrected chi connectivity index (χ3v) is 10.4. The summed E-state index contributed by atoms with van der Waals surface area (Å²) in [5.74, 6) is -4.63. The van der Waals surface area contributed by atoms with E-state index in [9.17, 15) is 32.7 Å². The molecule has 0 unspecified atom stereocenters. The molecule has 1 saturated heterocycles. The Morgan fingerprint density at radius 1 is 1.00 bits per heavy atom. The molecule has 2 aromatic carbocycles. The fraction of sp³-hybridized carbons (Fsp3) is 0.303. The molecule has 1 saturated carbocycles. The SMILES string of the molecule is COc1cc(O)cc(OC)c1[C@H]1C2=CCn3c(=O)n(C)c(=O)n3[C@@H]2C[C@H]2C(=O)N(Nc3ncc(C(F)(F)F)cc3Cl)C(=O)[C@@]12c1ccc(Cl)cc1. The standard InChI is InChI=1S/C33H27Cl2F3N6O7/c1-41-30(48)42-9-8-19-22(44(42)31(41)49)13-20-28(46)43(40-27-21(35)10-16(14-39-27)33(36,37)38)29(47)32(20,15-4-6-17(34)7-5-15)26(19)25-23(50-2)11-18(45)12-24(25)51-3/h4-8,10-12,14,20,22,26,45H,9,13H2,1-3H3,(H,39,40)/t20-,22+,26+,32+/m0/s1. The summed E-state index contributed by atoms with van der Waals surface area (Å²) < 4.78 is 55.2. The number of hydrazine groups is 1. The van der Waals surface area contributed by atoms with Gasteiger partial charge in [-0.1, -0.05) is 41.4 Å². The topological polar surface area (TPSA) is 150 Å². The number of halogens is 5. The van der Waals surface area contributed by atoms with E-state index < -0.39 is 69.1 Å². The first-order valence-corrected chi connectivity index (χ1v) is 16.1. The van der Waals surface area contributed by atoms with E-state index in [1.165, 1.54) is 54.9 Å². The zero-order valence-electron chi connectivity index (χ0n) is 26.9. The number of hydrogen-bond acceptors (Lipinski definition) is 9. The van der Waals surface area contributed by atoms with Crippen LogP contribution < -0.4 is 26.3 Å². The number of ether oxygens (including phenoxy) is 2. The summed E-state index contributed by atoms with van der Waals surface area (Å²) in [6.45, 7) is -0.0729. The number of aromatic nitrogens is 4. The monoisotopic (exact) mass is 746 g/mol. The predicted octanol–water partition coefficient (Wildman–Crippen LogP) is 4.41. The van der Waals surface area contributed by atoms with Gasteiger partial charge in [-0.3, -0.25) is 15.0 Å². The van der Waals surface area contributed by atoms with Crippen molar-refractivity contribution in [2.24, 2.45) is 13.0 Å². The molecule has 266 valence electrons. The number of aromatic hydroxyl groups is 1. The van der Waals surface area contributed by atoms with E-state index in [4.69, 9.17) is 32.7 Å². The number of nitrogens with one attached hydrogen (secondary N) is 1. The van der Waals surface area contributed by atoms with Crippen LogP contribution in [0.4, 0.5) is 19.0 Å². The Kier molecular flexibility index (Phi) is 8.02. The van der Waals surface area contributed by atoms with Crippen molar-refractivity contribution < 1.29 is 37.3 Å². The van der Waals surface area contributed by atoms with Crippen molar-refractivity contribution in [3.05, 3.63) is 108 Å². The van der Waals surface area contributed by atoms with Gasteiger partial charge >= 0.3 is 17.6 Å². The number of amides is 2. The van der Waals surface area contributed by atoms with E-state index in [-0.39, 0.29) is 35.8 Å². The van der Waals surface area contributed by atoms with Crippen LogP contribution in [0.5, 0.6) is 17.2 Å². The third-order valence-electron chi connectivity index (χ3n) is 9.83. The second-order valence-corrected chi connectivity index (χ2v) is 13.1. The minimum Gasteiger partial charge on any atom is -0.508 e. The molecule has 1 aliphatic carbocycles. The van der Waals surface area contributed by atoms with Gasteiger partial charge in [0.05, 0.1) is 48.7 Å². The molecule has 2 N–H and O–H groups in total. The molecule has 0 radical (unpaired) electrons. The average Bonchev–Trinajstić information content (AvgIpc) is 3.45. The highest BCUT2D eigenvalue weighted by molar-refractivity contribution is 6.33. The number of fused-ring (bicyclic) bond motifs is 4. The van der Waals surface area contributed by atoms with Gasteiger partial charge in [-0.2, -0.15) is 18.2 Å². The van der Waals surface area contributed by atoms with Crippen molar-refractivity contribution in [1.29, 1.82) is 0 Å². The Morgan fingerprint density at radius 3 is 2.24 bits per heavy atom. The van der Waals surface area contributed by atoms with E-state index in [1.54, 1.807) is 18.2 Å². The van der Waals surface area contributed by atoms with Gasteiger partial charge in [-0.15, -0.1) is 0 Å². The van der Waals surface area contributed by atoms with Crippen molar-refractivity contribution in [1.82, 2.24) is 23.9 Å². The molecule has 4 heterocycles. The molecule has 4 aromatic rings. The van der Waals surface area contributed by atoms with Gasteiger partial charge in [0.15, 0.2) is 5.82 Å². The maximum absolute atomic E-state index is 15.3. The van der Waals surface area contributed by atoms with Crippen LogP contribution in [0.2, 0.25) is 10.0 Å². The molecular formula is C33H27Cl2F3N6O7. The fourth-order valence-corrected chi connectivity index (χ4v) is 8.01. The van der Waals surface area contributed by atoms with Crippen LogP contribution in [-0.4, -0.2) is 55.1 Å². The Bertz CT molecular complexity index is 2260. The lowest BCUT2D eigenvalue weighted by Gasteiger charge is -2.49. The average molecular weight is 748 g/mol. The quantitative estimate of drug-likeness (QED) is 0.216. The number of hydrogen-bond donors (Lipinski definition) is 2. The highest BCUT2D eigenvalue weighted by atomic mass is 35.5. The molecule has 2 fully saturated rings. The first-order valence-electron chi connectivity index (χ1n) is 15.3. The lowest BCUT2D eigenvalue weighted by molar-refractivity contribution is -0.139. The maximum Gasteiger partial charge on any atom is 0.417 e. The number of anilines is 1. The number of carbonyl (C=O) groups excluding carboxylic acids is 2. The smallest absolute Gasteiger partial charge is 0.417 e. The number of alkyl halides is 3. The Hall–Kier alpha value is -5.22. The van der Waals surface area contributed by atoms with Gasteiger partial charge in [0.25, 0.3) is 11.8 Å². The lowest BCUT2D eigenvalue weighted by atomic mass is 9.53. The first-order chi connectivity index (χ1) is 24.1. The highest BCUT2D eigenvalue weighted by Gasteiger charge is 2.69. The van der Waals surface area contributed by atoms with Crippen molar-refractivity contribution in [2.45, 2.75) is 36.5 Å². The van der Waals surface area contributed by atoms with Crippen LogP contribution in [0.3, 0.4) is 0 Å². The molecule has 13 nitrogen and oxygen atoms in total. The van der Waals surface area contributed by atoms with Crippen LogP contribution in [0, 0.1) is 5.92 Å². The van der Waals surface area contributed by atoms with Gasteiger partial charge in [0, 0.05) is 41.9 Å². The molecule has 2 aromatic heterocycles. The van der Waals surface area contributed by atoms with E-state index >= 15 is 4.79 Å². The molecule has 7 rings (SSSR count). The number of phenolic OH excluding ortho intramolecular Hbond substituents is 1. The molecule has 2 aliphatic heterocycles. The van der Waals surface area contributed by atoms with Gasteiger partial charge in [-0.05, 0) is 35.8 Å². The molecule has 0 spiro atoms. The minimum absolute atomic E-state index is 0.0729. The van der Waals surface area contributed by atoms with Crippen LogP contribution >= 0.6 is 23.2 Å². The zero-order chi connectivity index (χ0) is 36.7. The number of benzene rings is 2. The summed E-state index contributed by atoms with van der Waals surface area (Å²) in [5.41, 5.74) is -0.695. The molecule has 51 heavy (non-hydrogen) atoms. The number of allylic oxidation sites excluding steroid dienone is 2. The summed E-state index contributed by atoms with van der Waals surface area (Å²) in [5, 5.41) is 11.1. The van der Waals surface area contributed by atoms with E-state index in [0.29, 0.717) is 33.4 Å². The number of imide groups is 1. The van der Waals surface area contributed by atoms with Gasteiger partial charge in [-0.25, -0.2) is 28.5 Å². The number of phenols is 1. The molecule has 4 atom stereocenters. The molecule has 3 aliphatic rings. The largest absolute Gasteiger partial charge is 0.508 e. The highest BCUT2D eigenvalue weighted by Crippen LogP contribution is 2.64. The van der Waals surface area contributed by atoms with Crippen LogP contribution in [0.15, 0.2) is 69.9 Å². The van der Waals surface area contributed by atoms with Gasteiger partial charge < -0.3 is 14.6 Å². The Labute approximate surface area is 296 Å². The van der Waals surface area contributed by atoms with Gasteiger partial charge in [0.1, 0.15) is 17.2 Å². The number of rotatable bonds is 6. The predicted molar refractivity (Wildman–Crippen MR) is 176 cm³/mol. The van der Waals surface area contributed by atoms with Crippen LogP contribution in [0.25, 0.3) is 0 Å². The Morgan fingerprint density at radius 2 is 1.65 bits per heavy atom. The Balaban J connectivity index is 1.52. The van der Waals surface area contributed by atoms with E-state index in [2.05, 4.69) is 10.4 Å². The molecule has 2 amide bonds. The van der Waals surface area contributed by atoms with Gasteiger partial charge in [0.2, 0.25) is 0 Å². The third kappa shape index (κ3) is 4.94. The molecule has 18 heteroatoms. The van der Waals surface area contributed by atoms with Crippen LogP contribution in [-0.2, 0) is 34.8 Å². The number of carbonyl (C=O) groups is 2. The van der Waals surface area contributed by atoms with Crippen molar-refractivity contribution >= 4 is 40.8 Å². The minimum atomic E-state index is -4.77. The maximum atomic E-state index is 15.3. The van der Waals surface area contributed by atoms with E-state index in [0.717, 1.165) is 4.57 Å². The summed E-state index contributed by atoms with van der Waals surface area (Å²) >= 11 is 12.5. The second kappa shape index (κ2) is 11.9. The lowest BCUT2D eigenvalue weighted by Crippen LogP contribution is -2.53. The number of methoxy groups -OCH3 is 2.